The van der Waals surface area contributed by atoms with Gasteiger partial charge in [-0.15, -0.1) is 0 Å². The molecule has 0 saturated carbocycles. The van der Waals surface area contributed by atoms with Crippen molar-refractivity contribution < 1.29 is 13.9 Å². The van der Waals surface area contributed by atoms with E-state index in [2.05, 4.69) is 14.9 Å². The van der Waals surface area contributed by atoms with Crippen LogP contribution in [-0.4, -0.2) is 60.2 Å². The molecule has 2 aromatic heterocycles. The molecule has 0 N–H and O–H groups in total. The monoisotopic (exact) mass is 356 g/mol. The molecular formula is C19H24N4O3. The van der Waals surface area contributed by atoms with Gasteiger partial charge in [0, 0.05) is 44.0 Å². The molecule has 138 valence electrons. The van der Waals surface area contributed by atoms with Crippen molar-refractivity contribution in [2.75, 3.05) is 44.3 Å². The zero-order valence-corrected chi connectivity index (χ0v) is 15.1. The highest BCUT2D eigenvalue weighted by molar-refractivity contribution is 5.95. The van der Waals surface area contributed by atoms with Gasteiger partial charge in [0.2, 0.25) is 5.95 Å². The Hall–Kier alpha value is -2.41. The van der Waals surface area contributed by atoms with Crippen LogP contribution in [0, 0.1) is 12.3 Å². The van der Waals surface area contributed by atoms with Gasteiger partial charge in [0.05, 0.1) is 25.0 Å². The number of nitrogens with zero attached hydrogens (tertiary/aromatic N) is 4. The molecule has 7 heteroatoms. The number of rotatable bonds is 2. The van der Waals surface area contributed by atoms with E-state index < -0.39 is 0 Å². The number of aromatic nitrogens is 2. The fourth-order valence-electron chi connectivity index (χ4n) is 4.02. The van der Waals surface area contributed by atoms with E-state index in [9.17, 15) is 4.79 Å². The first kappa shape index (κ1) is 17.0. The fraction of sp³-hybridized carbons (Fsp3) is 0.526. The summed E-state index contributed by atoms with van der Waals surface area (Å²) in [6.45, 7) is 6.15. The average molecular weight is 356 g/mol. The topological polar surface area (TPSA) is 71.7 Å². The predicted octanol–water partition coefficient (Wildman–Crippen LogP) is 2.14. The lowest BCUT2D eigenvalue weighted by molar-refractivity contribution is 0.0134. The van der Waals surface area contributed by atoms with Gasteiger partial charge < -0.3 is 19.0 Å². The quantitative estimate of drug-likeness (QED) is 0.821. The second-order valence-corrected chi connectivity index (χ2v) is 7.24. The number of carbonyl (C=O) groups is 1. The van der Waals surface area contributed by atoms with E-state index in [1.54, 1.807) is 24.7 Å². The lowest BCUT2D eigenvalue weighted by atomic mass is 9.80. The smallest absolute Gasteiger partial charge is 0.257 e. The van der Waals surface area contributed by atoms with Crippen LogP contribution in [0.4, 0.5) is 5.95 Å². The van der Waals surface area contributed by atoms with Crippen LogP contribution in [0.25, 0.3) is 0 Å². The Kier molecular flexibility index (Phi) is 4.63. The first-order valence-corrected chi connectivity index (χ1v) is 9.10. The number of carbonyl (C=O) groups excluding carboxylic acids is 1. The average Bonchev–Trinajstić information content (AvgIpc) is 3.00. The highest BCUT2D eigenvalue weighted by Gasteiger charge is 2.41. The van der Waals surface area contributed by atoms with E-state index in [0.29, 0.717) is 31.1 Å². The summed E-state index contributed by atoms with van der Waals surface area (Å²) in [6, 6.07) is 3.58. The molecule has 1 amide bonds. The molecule has 7 nitrogen and oxygen atoms in total. The number of hydrogen-bond donors (Lipinski definition) is 0. The van der Waals surface area contributed by atoms with Gasteiger partial charge in [-0.2, -0.15) is 0 Å². The Balaban J connectivity index is 1.54. The molecule has 1 spiro atoms. The van der Waals surface area contributed by atoms with Gasteiger partial charge in [-0.3, -0.25) is 4.79 Å². The van der Waals surface area contributed by atoms with Crippen LogP contribution in [0.5, 0.6) is 0 Å². The largest absolute Gasteiger partial charge is 0.469 e. The molecule has 0 bridgehead atoms. The number of furan rings is 1. The molecule has 1 atom stereocenters. The molecule has 4 rings (SSSR count). The van der Waals surface area contributed by atoms with E-state index >= 15 is 0 Å². The van der Waals surface area contributed by atoms with Crippen molar-refractivity contribution in [1.29, 1.82) is 0 Å². The molecule has 0 unspecified atom stereocenters. The van der Waals surface area contributed by atoms with E-state index in [0.717, 1.165) is 38.4 Å². The Morgan fingerprint density at radius 1 is 1.23 bits per heavy atom. The fourth-order valence-corrected chi connectivity index (χ4v) is 4.02. The summed E-state index contributed by atoms with van der Waals surface area (Å²) in [7, 11) is 0. The van der Waals surface area contributed by atoms with Crippen LogP contribution < -0.4 is 4.90 Å². The first-order valence-electron chi connectivity index (χ1n) is 9.10. The van der Waals surface area contributed by atoms with Crippen LogP contribution in [0.15, 0.2) is 35.2 Å². The van der Waals surface area contributed by atoms with E-state index in [-0.39, 0.29) is 11.3 Å². The molecule has 0 aliphatic carbocycles. The van der Waals surface area contributed by atoms with E-state index in [1.807, 2.05) is 17.9 Å². The minimum Gasteiger partial charge on any atom is -0.469 e. The highest BCUT2D eigenvalue weighted by Crippen LogP contribution is 2.34. The summed E-state index contributed by atoms with van der Waals surface area (Å²) in [5, 5.41) is 0. The molecule has 2 aliphatic heterocycles. The normalized spacial score (nSPS) is 23.9. The summed E-state index contributed by atoms with van der Waals surface area (Å²) in [5.41, 5.74) is 0.557. The number of hydrogen-bond acceptors (Lipinski definition) is 6. The second kappa shape index (κ2) is 7.07. The summed E-state index contributed by atoms with van der Waals surface area (Å²) in [5.74, 6) is 1.44. The molecule has 2 aromatic rings. The summed E-state index contributed by atoms with van der Waals surface area (Å²) in [6.07, 6.45) is 7.10. The van der Waals surface area contributed by atoms with Crippen molar-refractivity contribution in [3.05, 3.63) is 42.1 Å². The molecule has 2 aliphatic rings. The van der Waals surface area contributed by atoms with Gasteiger partial charge in [0.1, 0.15) is 5.76 Å². The molecule has 4 heterocycles. The van der Waals surface area contributed by atoms with Crippen LogP contribution in [-0.2, 0) is 4.74 Å². The number of piperidine rings is 1. The SMILES string of the molecule is Cc1occc1C(=O)N1CCC[C@@]2(COCCN(c3ncccn3)C2)C1. The second-order valence-electron chi connectivity index (χ2n) is 7.24. The Morgan fingerprint density at radius 3 is 2.85 bits per heavy atom. The molecule has 0 radical (unpaired) electrons. The Bertz CT molecular complexity index is 763. The van der Waals surface area contributed by atoms with E-state index in [1.165, 1.54) is 0 Å². The summed E-state index contributed by atoms with van der Waals surface area (Å²) in [4.78, 5) is 25.9. The number of amides is 1. The highest BCUT2D eigenvalue weighted by atomic mass is 16.5. The zero-order chi connectivity index (χ0) is 18.0. The third-order valence-corrected chi connectivity index (χ3v) is 5.31. The molecular weight excluding hydrogens is 332 g/mol. The predicted molar refractivity (Wildman–Crippen MR) is 96.1 cm³/mol. The van der Waals surface area contributed by atoms with Crippen LogP contribution in [0.1, 0.15) is 29.0 Å². The van der Waals surface area contributed by atoms with Crippen LogP contribution >= 0.6 is 0 Å². The minimum atomic E-state index is -0.0960. The third kappa shape index (κ3) is 3.31. The van der Waals surface area contributed by atoms with Gasteiger partial charge in [0.25, 0.3) is 5.91 Å². The van der Waals surface area contributed by atoms with Gasteiger partial charge in [-0.1, -0.05) is 0 Å². The Labute approximate surface area is 153 Å². The Morgan fingerprint density at radius 2 is 2.08 bits per heavy atom. The third-order valence-electron chi connectivity index (χ3n) is 5.31. The maximum absolute atomic E-state index is 12.9. The van der Waals surface area contributed by atoms with Crippen molar-refractivity contribution in [1.82, 2.24) is 14.9 Å². The number of likely N-dealkylation sites (tertiary alicyclic amines) is 1. The maximum atomic E-state index is 12.9. The van der Waals surface area contributed by atoms with Crippen LogP contribution in [0.2, 0.25) is 0 Å². The maximum Gasteiger partial charge on any atom is 0.257 e. The molecule has 0 aromatic carbocycles. The van der Waals surface area contributed by atoms with Gasteiger partial charge in [0.15, 0.2) is 0 Å². The lowest BCUT2D eigenvalue weighted by Gasteiger charge is -2.43. The standard InChI is InChI=1S/C19H24N4O3/c1-15-16(4-10-26-15)17(24)22-8-2-5-19(12-22)13-23(9-11-25-14-19)18-20-6-3-7-21-18/h3-4,6-7,10H,2,5,8-9,11-14H2,1H3/t19-/m1/s1. The van der Waals surface area contributed by atoms with Crippen molar-refractivity contribution in [3.63, 3.8) is 0 Å². The number of anilines is 1. The molecule has 26 heavy (non-hydrogen) atoms. The van der Waals surface area contributed by atoms with Gasteiger partial charge in [-0.25, -0.2) is 9.97 Å². The van der Waals surface area contributed by atoms with Gasteiger partial charge in [-0.05, 0) is 31.9 Å². The zero-order valence-electron chi connectivity index (χ0n) is 15.1. The van der Waals surface area contributed by atoms with Crippen LogP contribution in [0.3, 0.4) is 0 Å². The minimum absolute atomic E-state index is 0.0436. The first-order chi connectivity index (χ1) is 12.7. The lowest BCUT2D eigenvalue weighted by Crippen LogP contribution is -2.52. The molecule has 2 fully saturated rings. The van der Waals surface area contributed by atoms with Gasteiger partial charge >= 0.3 is 0 Å². The van der Waals surface area contributed by atoms with Crippen molar-refractivity contribution in [2.24, 2.45) is 5.41 Å². The number of aryl methyl sites for hydroxylation is 1. The van der Waals surface area contributed by atoms with Crippen molar-refractivity contribution in [2.45, 2.75) is 19.8 Å². The van der Waals surface area contributed by atoms with Crippen molar-refractivity contribution in [3.8, 4) is 0 Å². The molecule has 2 saturated heterocycles. The van der Waals surface area contributed by atoms with E-state index in [4.69, 9.17) is 9.15 Å². The number of ether oxygens (including phenoxy) is 1. The van der Waals surface area contributed by atoms with Crippen molar-refractivity contribution >= 4 is 11.9 Å². The summed E-state index contributed by atoms with van der Waals surface area (Å²) < 4.78 is 11.2. The summed E-state index contributed by atoms with van der Waals surface area (Å²) >= 11 is 0.